The third-order valence-electron chi connectivity index (χ3n) is 2.38. The highest BCUT2D eigenvalue weighted by Crippen LogP contribution is 2.23. The van der Waals surface area contributed by atoms with E-state index in [0.29, 0.717) is 17.6 Å². The van der Waals surface area contributed by atoms with Gasteiger partial charge in [0, 0.05) is 11.1 Å². The molecule has 0 spiro atoms. The Hall–Kier alpha value is -2.24. The fourth-order valence-corrected chi connectivity index (χ4v) is 1.43. The van der Waals surface area contributed by atoms with Gasteiger partial charge in [-0.3, -0.25) is 5.10 Å². The number of hydrogen-bond donors (Lipinski definition) is 2. The second-order valence-electron chi connectivity index (χ2n) is 3.96. The molecule has 0 fully saturated rings. The molecule has 0 unspecified atom stereocenters. The summed E-state index contributed by atoms with van der Waals surface area (Å²) in [6.07, 6.45) is 4.92. The molecule has 0 atom stereocenters. The van der Waals surface area contributed by atoms with Gasteiger partial charge in [-0.25, -0.2) is 4.99 Å². The second kappa shape index (κ2) is 4.73. The molecule has 2 aromatic heterocycles. The zero-order valence-corrected chi connectivity index (χ0v) is 9.75. The zero-order chi connectivity index (χ0) is 12.3. The van der Waals surface area contributed by atoms with E-state index < -0.39 is 0 Å². The predicted molar refractivity (Wildman–Crippen MR) is 65.1 cm³/mol. The first-order valence-corrected chi connectivity index (χ1v) is 5.33. The quantitative estimate of drug-likeness (QED) is 0.615. The SMILES string of the molecule is CC(C)c1cn[nH]c1N=C(N)c1ccnnc1. The number of aromatic amines is 1. The summed E-state index contributed by atoms with van der Waals surface area (Å²) in [6.45, 7) is 4.15. The number of amidine groups is 1. The van der Waals surface area contributed by atoms with Gasteiger partial charge in [0.15, 0.2) is 5.82 Å². The number of H-pyrrole nitrogens is 1. The van der Waals surface area contributed by atoms with E-state index in [2.05, 4.69) is 39.2 Å². The van der Waals surface area contributed by atoms with Crippen molar-refractivity contribution < 1.29 is 0 Å². The van der Waals surface area contributed by atoms with Crippen LogP contribution in [0.2, 0.25) is 0 Å². The first-order valence-electron chi connectivity index (χ1n) is 5.33. The average Bonchev–Trinajstić information content (AvgIpc) is 2.78. The summed E-state index contributed by atoms with van der Waals surface area (Å²) in [6, 6.07) is 1.76. The van der Waals surface area contributed by atoms with Gasteiger partial charge in [0.05, 0.1) is 18.6 Å². The first-order chi connectivity index (χ1) is 8.18. The summed E-state index contributed by atoms with van der Waals surface area (Å²) in [5.74, 6) is 1.43. The van der Waals surface area contributed by atoms with Gasteiger partial charge in [0.2, 0.25) is 0 Å². The molecule has 0 amide bonds. The lowest BCUT2D eigenvalue weighted by Gasteiger charge is -2.03. The molecule has 0 saturated heterocycles. The van der Waals surface area contributed by atoms with E-state index in [-0.39, 0.29) is 0 Å². The van der Waals surface area contributed by atoms with Crippen LogP contribution in [0.4, 0.5) is 5.82 Å². The van der Waals surface area contributed by atoms with Crippen molar-refractivity contribution in [2.75, 3.05) is 0 Å². The molecule has 0 bridgehead atoms. The van der Waals surface area contributed by atoms with Crippen LogP contribution >= 0.6 is 0 Å². The van der Waals surface area contributed by atoms with Crippen molar-refractivity contribution in [2.45, 2.75) is 19.8 Å². The van der Waals surface area contributed by atoms with Gasteiger partial charge in [-0.05, 0) is 12.0 Å². The predicted octanol–water partition coefficient (Wildman–Crippen LogP) is 1.36. The molecule has 2 aromatic rings. The molecule has 2 heterocycles. The molecule has 6 nitrogen and oxygen atoms in total. The van der Waals surface area contributed by atoms with Gasteiger partial charge in [0.1, 0.15) is 5.84 Å². The molecule has 88 valence electrons. The van der Waals surface area contributed by atoms with E-state index in [1.807, 2.05) is 0 Å². The number of rotatable bonds is 3. The maximum Gasteiger partial charge on any atom is 0.153 e. The first kappa shape index (κ1) is 11.3. The molecule has 6 heteroatoms. The summed E-state index contributed by atoms with van der Waals surface area (Å²) < 4.78 is 0. The van der Waals surface area contributed by atoms with Crippen LogP contribution < -0.4 is 5.73 Å². The van der Waals surface area contributed by atoms with Gasteiger partial charge in [0.25, 0.3) is 0 Å². The van der Waals surface area contributed by atoms with Crippen molar-refractivity contribution in [3.63, 3.8) is 0 Å². The molecule has 2 rings (SSSR count). The van der Waals surface area contributed by atoms with Gasteiger partial charge < -0.3 is 5.73 Å². The van der Waals surface area contributed by atoms with Gasteiger partial charge >= 0.3 is 0 Å². The summed E-state index contributed by atoms with van der Waals surface area (Å²) >= 11 is 0. The van der Waals surface area contributed by atoms with Crippen molar-refractivity contribution in [1.29, 1.82) is 0 Å². The molecular weight excluding hydrogens is 216 g/mol. The van der Waals surface area contributed by atoms with E-state index in [1.165, 1.54) is 0 Å². The number of nitrogens with two attached hydrogens (primary N) is 1. The highest BCUT2D eigenvalue weighted by atomic mass is 15.2. The Balaban J connectivity index is 2.33. The normalized spacial score (nSPS) is 12.1. The molecule has 0 saturated carbocycles. The lowest BCUT2D eigenvalue weighted by molar-refractivity contribution is 0.868. The Bertz CT molecular complexity index is 514. The van der Waals surface area contributed by atoms with E-state index in [4.69, 9.17) is 5.73 Å². The fourth-order valence-electron chi connectivity index (χ4n) is 1.43. The molecule has 0 aromatic carbocycles. The second-order valence-corrected chi connectivity index (χ2v) is 3.96. The van der Waals surface area contributed by atoms with Crippen molar-refractivity contribution in [3.05, 3.63) is 35.8 Å². The standard InChI is InChI=1S/C11H14N6/c1-7(2)9-6-15-17-11(9)16-10(12)8-3-4-13-14-5-8/h3-7H,1-2H3,(H3,12,15,16,17). The van der Waals surface area contributed by atoms with Crippen molar-refractivity contribution in [2.24, 2.45) is 10.7 Å². The van der Waals surface area contributed by atoms with E-state index in [0.717, 1.165) is 11.1 Å². The van der Waals surface area contributed by atoms with E-state index in [9.17, 15) is 0 Å². The maximum atomic E-state index is 5.89. The Kier molecular flexibility index (Phi) is 3.13. The van der Waals surface area contributed by atoms with Crippen molar-refractivity contribution in [1.82, 2.24) is 20.4 Å². The zero-order valence-electron chi connectivity index (χ0n) is 9.75. The average molecular weight is 230 g/mol. The Labute approximate surface area is 99.0 Å². The van der Waals surface area contributed by atoms with Crippen LogP contribution in [0.3, 0.4) is 0 Å². The number of aliphatic imine (C=N–C) groups is 1. The minimum Gasteiger partial charge on any atom is -0.383 e. The lowest BCUT2D eigenvalue weighted by Crippen LogP contribution is -2.13. The molecule has 0 aliphatic rings. The molecule has 0 radical (unpaired) electrons. The monoisotopic (exact) mass is 230 g/mol. The van der Waals surface area contributed by atoms with Crippen molar-refractivity contribution >= 4 is 11.7 Å². The molecule has 0 aliphatic carbocycles. The highest BCUT2D eigenvalue weighted by Gasteiger charge is 2.09. The smallest absolute Gasteiger partial charge is 0.153 e. The van der Waals surface area contributed by atoms with Crippen LogP contribution in [-0.4, -0.2) is 26.2 Å². The van der Waals surface area contributed by atoms with Crippen LogP contribution in [0.15, 0.2) is 29.6 Å². The maximum absolute atomic E-state index is 5.89. The van der Waals surface area contributed by atoms with Gasteiger partial charge in [-0.2, -0.15) is 15.3 Å². The summed E-state index contributed by atoms with van der Waals surface area (Å²) in [5, 5.41) is 14.3. The minimum absolute atomic E-state index is 0.343. The van der Waals surface area contributed by atoms with Crippen LogP contribution in [0, 0.1) is 0 Å². The minimum atomic E-state index is 0.343. The number of hydrogen-bond acceptors (Lipinski definition) is 4. The molecule has 0 aliphatic heterocycles. The molecular formula is C11H14N6. The highest BCUT2D eigenvalue weighted by molar-refractivity contribution is 5.98. The summed E-state index contributed by atoms with van der Waals surface area (Å²) in [4.78, 5) is 4.32. The third-order valence-corrected chi connectivity index (χ3v) is 2.38. The summed E-state index contributed by atoms with van der Waals surface area (Å²) in [7, 11) is 0. The van der Waals surface area contributed by atoms with Gasteiger partial charge in [-0.1, -0.05) is 13.8 Å². The van der Waals surface area contributed by atoms with E-state index >= 15 is 0 Å². The van der Waals surface area contributed by atoms with Crippen LogP contribution in [0.25, 0.3) is 0 Å². The van der Waals surface area contributed by atoms with Crippen LogP contribution in [0.5, 0.6) is 0 Å². The summed E-state index contributed by atoms with van der Waals surface area (Å²) in [5.41, 5.74) is 7.67. The van der Waals surface area contributed by atoms with Gasteiger partial charge in [-0.15, -0.1) is 0 Å². The third kappa shape index (κ3) is 2.47. The topological polar surface area (TPSA) is 92.8 Å². The number of aromatic nitrogens is 4. The Morgan fingerprint density at radius 3 is 2.82 bits per heavy atom. The molecule has 3 N–H and O–H groups in total. The number of nitrogens with zero attached hydrogens (tertiary/aromatic N) is 4. The Morgan fingerprint density at radius 1 is 1.35 bits per heavy atom. The Morgan fingerprint density at radius 2 is 2.18 bits per heavy atom. The fraction of sp³-hybridized carbons (Fsp3) is 0.273. The van der Waals surface area contributed by atoms with Crippen molar-refractivity contribution in [3.8, 4) is 0 Å². The largest absolute Gasteiger partial charge is 0.383 e. The molecule has 17 heavy (non-hydrogen) atoms. The lowest BCUT2D eigenvalue weighted by atomic mass is 10.1. The van der Waals surface area contributed by atoms with Crippen LogP contribution in [-0.2, 0) is 0 Å². The van der Waals surface area contributed by atoms with Crippen LogP contribution in [0.1, 0.15) is 30.9 Å². The van der Waals surface area contributed by atoms with E-state index in [1.54, 1.807) is 24.7 Å². The number of nitrogens with one attached hydrogen (secondary N) is 1.